The molecule has 1 heterocycles. The number of hydrogen-bond donors (Lipinski definition) is 1. The summed E-state index contributed by atoms with van der Waals surface area (Å²) in [6.45, 7) is 3.64. The van der Waals surface area contributed by atoms with Gasteiger partial charge in [0.05, 0.1) is 6.04 Å². The Kier molecular flexibility index (Phi) is 5.05. The fourth-order valence-electron chi connectivity index (χ4n) is 2.04. The molecule has 1 amide bonds. The van der Waals surface area contributed by atoms with Gasteiger partial charge in [0.15, 0.2) is 0 Å². The average molecular weight is 214 g/mol. The molecule has 1 rings (SSSR count). The van der Waals surface area contributed by atoms with E-state index in [1.165, 1.54) is 0 Å². The summed E-state index contributed by atoms with van der Waals surface area (Å²) in [4.78, 5) is 13.8. The van der Waals surface area contributed by atoms with Gasteiger partial charge >= 0.3 is 0 Å². The zero-order chi connectivity index (χ0) is 11.3. The molecule has 0 bridgehead atoms. The Bertz CT molecular complexity index is 209. The topological polar surface area (TPSA) is 55.6 Å². The zero-order valence-electron chi connectivity index (χ0n) is 9.74. The predicted molar refractivity (Wildman–Crippen MR) is 59.5 cm³/mol. The lowest BCUT2D eigenvalue weighted by atomic mass is 10.1. The molecule has 15 heavy (non-hydrogen) atoms. The van der Waals surface area contributed by atoms with E-state index in [9.17, 15) is 4.79 Å². The molecule has 2 N–H and O–H groups in total. The Balaban J connectivity index is 2.31. The molecule has 0 aromatic heterocycles. The molecule has 1 fully saturated rings. The molecular formula is C11H22N2O2. The highest BCUT2D eigenvalue weighted by molar-refractivity contribution is 5.82. The lowest BCUT2D eigenvalue weighted by Crippen LogP contribution is -2.45. The minimum Gasteiger partial charge on any atom is -0.385 e. The fraction of sp³-hybridized carbons (Fsp3) is 0.909. The zero-order valence-corrected chi connectivity index (χ0v) is 9.74. The van der Waals surface area contributed by atoms with Gasteiger partial charge in [0.25, 0.3) is 0 Å². The summed E-state index contributed by atoms with van der Waals surface area (Å²) in [5.41, 5.74) is 5.85. The molecule has 0 aromatic rings. The van der Waals surface area contributed by atoms with Gasteiger partial charge in [-0.05, 0) is 32.6 Å². The molecule has 1 saturated heterocycles. The van der Waals surface area contributed by atoms with Crippen molar-refractivity contribution < 1.29 is 9.53 Å². The number of hydrogen-bond acceptors (Lipinski definition) is 3. The Morgan fingerprint density at radius 1 is 1.67 bits per heavy atom. The van der Waals surface area contributed by atoms with Gasteiger partial charge in [0.1, 0.15) is 0 Å². The maximum Gasteiger partial charge on any atom is 0.239 e. The summed E-state index contributed by atoms with van der Waals surface area (Å²) < 4.78 is 4.94. The van der Waals surface area contributed by atoms with Crippen molar-refractivity contribution in [2.45, 2.75) is 44.7 Å². The van der Waals surface area contributed by atoms with E-state index >= 15 is 0 Å². The first kappa shape index (κ1) is 12.5. The van der Waals surface area contributed by atoms with E-state index in [4.69, 9.17) is 10.5 Å². The Hall–Kier alpha value is -0.610. The highest BCUT2D eigenvalue weighted by atomic mass is 16.5. The van der Waals surface area contributed by atoms with Gasteiger partial charge in [0, 0.05) is 26.3 Å². The van der Waals surface area contributed by atoms with E-state index in [-0.39, 0.29) is 11.9 Å². The normalized spacial score (nSPS) is 23.1. The first-order valence-corrected chi connectivity index (χ1v) is 5.71. The van der Waals surface area contributed by atoms with Crippen molar-refractivity contribution in [3.63, 3.8) is 0 Å². The second-order valence-electron chi connectivity index (χ2n) is 4.26. The number of ether oxygens (including phenoxy) is 1. The Labute approximate surface area is 91.8 Å². The van der Waals surface area contributed by atoms with E-state index in [1.807, 2.05) is 4.90 Å². The van der Waals surface area contributed by atoms with Crippen molar-refractivity contribution in [2.75, 3.05) is 20.3 Å². The SMILES string of the molecule is COCCCC(N)C(=O)N1CCCC1C. The van der Waals surface area contributed by atoms with Crippen LogP contribution in [0.25, 0.3) is 0 Å². The van der Waals surface area contributed by atoms with E-state index < -0.39 is 0 Å². The second-order valence-corrected chi connectivity index (χ2v) is 4.26. The van der Waals surface area contributed by atoms with Gasteiger partial charge in [-0.15, -0.1) is 0 Å². The molecule has 0 spiro atoms. The summed E-state index contributed by atoms with van der Waals surface area (Å²) in [5.74, 6) is 0.108. The highest BCUT2D eigenvalue weighted by Gasteiger charge is 2.28. The quantitative estimate of drug-likeness (QED) is 0.687. The number of likely N-dealkylation sites (tertiary alicyclic amines) is 1. The van der Waals surface area contributed by atoms with E-state index in [0.29, 0.717) is 12.6 Å². The van der Waals surface area contributed by atoms with Gasteiger partial charge in [-0.3, -0.25) is 4.79 Å². The van der Waals surface area contributed by atoms with Gasteiger partial charge < -0.3 is 15.4 Å². The van der Waals surface area contributed by atoms with Gasteiger partial charge in [-0.25, -0.2) is 0 Å². The minimum absolute atomic E-state index is 0.108. The smallest absolute Gasteiger partial charge is 0.239 e. The lowest BCUT2D eigenvalue weighted by molar-refractivity contribution is -0.133. The van der Waals surface area contributed by atoms with Crippen LogP contribution in [0, 0.1) is 0 Å². The van der Waals surface area contributed by atoms with Crippen LogP contribution in [0.5, 0.6) is 0 Å². The molecule has 0 aliphatic carbocycles. The summed E-state index contributed by atoms with van der Waals surface area (Å²) >= 11 is 0. The largest absolute Gasteiger partial charge is 0.385 e. The predicted octanol–water partition coefficient (Wildman–Crippen LogP) is 0.751. The molecule has 1 aliphatic heterocycles. The number of nitrogens with two attached hydrogens (primary N) is 1. The van der Waals surface area contributed by atoms with Crippen molar-refractivity contribution in [1.29, 1.82) is 0 Å². The molecule has 2 unspecified atom stereocenters. The molecule has 2 atom stereocenters. The highest BCUT2D eigenvalue weighted by Crippen LogP contribution is 2.17. The molecule has 0 saturated carbocycles. The molecule has 88 valence electrons. The first-order valence-electron chi connectivity index (χ1n) is 5.71. The summed E-state index contributed by atoms with van der Waals surface area (Å²) in [6.07, 6.45) is 3.79. The van der Waals surface area contributed by atoms with Crippen molar-refractivity contribution in [1.82, 2.24) is 4.90 Å². The third kappa shape index (κ3) is 3.47. The van der Waals surface area contributed by atoms with Crippen LogP contribution in [-0.2, 0) is 9.53 Å². The fourth-order valence-corrected chi connectivity index (χ4v) is 2.04. The second kappa shape index (κ2) is 6.08. The van der Waals surface area contributed by atoms with Crippen LogP contribution in [0.2, 0.25) is 0 Å². The minimum atomic E-state index is -0.347. The van der Waals surface area contributed by atoms with Crippen molar-refractivity contribution in [3.05, 3.63) is 0 Å². The van der Waals surface area contributed by atoms with E-state index in [2.05, 4.69) is 6.92 Å². The molecular weight excluding hydrogens is 192 g/mol. The van der Waals surface area contributed by atoms with Crippen molar-refractivity contribution in [3.8, 4) is 0 Å². The van der Waals surface area contributed by atoms with Crippen LogP contribution in [0.15, 0.2) is 0 Å². The van der Waals surface area contributed by atoms with Gasteiger partial charge in [-0.2, -0.15) is 0 Å². The van der Waals surface area contributed by atoms with Gasteiger partial charge in [0.2, 0.25) is 5.91 Å². The Morgan fingerprint density at radius 2 is 2.40 bits per heavy atom. The number of rotatable bonds is 5. The number of carbonyl (C=O) groups is 1. The van der Waals surface area contributed by atoms with Crippen LogP contribution >= 0.6 is 0 Å². The average Bonchev–Trinajstić information content (AvgIpc) is 2.63. The Morgan fingerprint density at radius 3 is 2.93 bits per heavy atom. The van der Waals surface area contributed by atoms with E-state index in [1.54, 1.807) is 7.11 Å². The standard InChI is InChI=1S/C11H22N2O2/c1-9-5-3-7-13(9)11(14)10(12)6-4-8-15-2/h9-10H,3-8,12H2,1-2H3. The first-order chi connectivity index (χ1) is 7.16. The number of amides is 1. The van der Waals surface area contributed by atoms with Crippen LogP contribution in [0.1, 0.15) is 32.6 Å². The monoisotopic (exact) mass is 214 g/mol. The van der Waals surface area contributed by atoms with Crippen LogP contribution in [0.3, 0.4) is 0 Å². The summed E-state index contributed by atoms with van der Waals surface area (Å²) in [6, 6.07) is 0.0201. The van der Waals surface area contributed by atoms with E-state index in [0.717, 1.165) is 32.2 Å². The van der Waals surface area contributed by atoms with Crippen LogP contribution in [-0.4, -0.2) is 43.2 Å². The molecule has 0 radical (unpaired) electrons. The lowest BCUT2D eigenvalue weighted by Gasteiger charge is -2.24. The summed E-state index contributed by atoms with van der Waals surface area (Å²) in [5, 5.41) is 0. The number of carbonyl (C=O) groups excluding carboxylic acids is 1. The third-order valence-corrected chi connectivity index (χ3v) is 3.02. The molecule has 1 aliphatic rings. The van der Waals surface area contributed by atoms with Crippen molar-refractivity contribution in [2.24, 2.45) is 5.73 Å². The molecule has 4 nitrogen and oxygen atoms in total. The number of methoxy groups -OCH3 is 1. The summed E-state index contributed by atoms with van der Waals surface area (Å²) in [7, 11) is 1.66. The van der Waals surface area contributed by atoms with Crippen LogP contribution < -0.4 is 5.73 Å². The third-order valence-electron chi connectivity index (χ3n) is 3.02. The maximum absolute atomic E-state index is 11.9. The van der Waals surface area contributed by atoms with Crippen LogP contribution in [0.4, 0.5) is 0 Å². The van der Waals surface area contributed by atoms with Crippen molar-refractivity contribution >= 4 is 5.91 Å². The molecule has 0 aromatic carbocycles. The van der Waals surface area contributed by atoms with Gasteiger partial charge in [-0.1, -0.05) is 0 Å². The maximum atomic E-state index is 11.9. The number of nitrogens with zero attached hydrogens (tertiary/aromatic N) is 1. The molecule has 4 heteroatoms.